The largest absolute Gasteiger partial charge is 0.374 e. The number of hydrogen-bond donors (Lipinski definition) is 1. The Hall–Kier alpha value is -2.10. The molecule has 3 heteroatoms. The lowest BCUT2D eigenvalue weighted by molar-refractivity contribution is -0.0913. The van der Waals surface area contributed by atoms with Gasteiger partial charge in [-0.3, -0.25) is 0 Å². The van der Waals surface area contributed by atoms with Gasteiger partial charge in [-0.15, -0.1) is 0 Å². The number of likely N-dealkylation sites (tertiary alicyclic amines) is 1. The Balaban J connectivity index is 2.01. The lowest BCUT2D eigenvalue weighted by Gasteiger charge is -2.36. The molecule has 2 aromatic carbocycles. The quantitative estimate of drug-likeness (QED) is 0.787. The molecule has 0 amide bonds. The molecule has 0 saturated carbocycles. The van der Waals surface area contributed by atoms with Gasteiger partial charge in [0.05, 0.1) is 0 Å². The maximum absolute atomic E-state index is 9.94. The molecule has 2 unspecified atom stereocenters. The van der Waals surface area contributed by atoms with Crippen LogP contribution in [-0.4, -0.2) is 36.0 Å². The molecule has 2 atom stereocenters. The van der Waals surface area contributed by atoms with Crippen LogP contribution in [0, 0.1) is 0 Å². The second kappa shape index (κ2) is 8.07. The number of rotatable bonds is 6. The van der Waals surface area contributed by atoms with Gasteiger partial charge >= 0.3 is 0 Å². The van der Waals surface area contributed by atoms with Gasteiger partial charge in [0.15, 0.2) is 6.29 Å². The summed E-state index contributed by atoms with van der Waals surface area (Å²) in [7, 11) is 2.15. The van der Waals surface area contributed by atoms with Crippen molar-refractivity contribution < 1.29 is 9.84 Å². The summed E-state index contributed by atoms with van der Waals surface area (Å²) in [6, 6.07) is 21.8. The molecule has 0 spiro atoms. The first kappa shape index (κ1) is 18.7. The van der Waals surface area contributed by atoms with E-state index in [2.05, 4.69) is 85.6 Å². The highest BCUT2D eigenvalue weighted by Crippen LogP contribution is 2.49. The van der Waals surface area contributed by atoms with Crippen LogP contribution < -0.4 is 0 Å². The van der Waals surface area contributed by atoms with E-state index in [0.717, 1.165) is 6.42 Å². The van der Waals surface area contributed by atoms with Crippen LogP contribution in [0.2, 0.25) is 0 Å². The highest BCUT2D eigenvalue weighted by Gasteiger charge is 2.48. The minimum Gasteiger partial charge on any atom is -0.374 e. The fourth-order valence-electron chi connectivity index (χ4n) is 4.18. The molecule has 1 aliphatic heterocycles. The van der Waals surface area contributed by atoms with Crippen LogP contribution in [0.3, 0.4) is 0 Å². The van der Waals surface area contributed by atoms with Gasteiger partial charge in [-0.05, 0) is 25.0 Å². The number of benzene rings is 2. The zero-order chi connectivity index (χ0) is 18.6. The predicted molar refractivity (Wildman–Crippen MR) is 106 cm³/mol. The molecule has 1 heterocycles. The number of hydrogen-bond acceptors (Lipinski definition) is 3. The molecule has 0 aromatic heterocycles. The summed E-state index contributed by atoms with van der Waals surface area (Å²) in [4.78, 5) is 2.35. The number of aliphatic hydroxyl groups excluding tert-OH is 1. The van der Waals surface area contributed by atoms with E-state index in [9.17, 15) is 5.11 Å². The van der Waals surface area contributed by atoms with E-state index in [1.54, 1.807) is 0 Å². The average Bonchev–Trinajstić information content (AvgIpc) is 2.94. The predicted octanol–water partition coefficient (Wildman–Crippen LogP) is 4.33. The fourth-order valence-corrected chi connectivity index (χ4v) is 4.18. The molecule has 1 N–H and O–H groups in total. The maximum atomic E-state index is 9.94. The second-order valence-electron chi connectivity index (χ2n) is 7.01. The SMILES string of the molecule is CCOC(O)C/C=C1/CC(c2ccccc2)(c2ccccc2)C(C)N1C. The molecule has 3 nitrogen and oxygen atoms in total. The van der Waals surface area contributed by atoms with Crippen molar-refractivity contribution >= 4 is 0 Å². The molecule has 0 bridgehead atoms. The summed E-state index contributed by atoms with van der Waals surface area (Å²) >= 11 is 0. The molecule has 2 aromatic rings. The van der Waals surface area contributed by atoms with Gasteiger partial charge in [-0.2, -0.15) is 0 Å². The smallest absolute Gasteiger partial charge is 0.158 e. The number of nitrogens with zero attached hydrogens (tertiary/aromatic N) is 1. The Labute approximate surface area is 156 Å². The maximum Gasteiger partial charge on any atom is 0.158 e. The van der Waals surface area contributed by atoms with Crippen LogP contribution >= 0.6 is 0 Å². The van der Waals surface area contributed by atoms with Crippen molar-refractivity contribution in [1.29, 1.82) is 0 Å². The van der Waals surface area contributed by atoms with Crippen molar-refractivity contribution in [3.63, 3.8) is 0 Å². The number of ether oxygens (including phenoxy) is 1. The molecule has 138 valence electrons. The van der Waals surface area contributed by atoms with Gasteiger partial charge in [-0.25, -0.2) is 0 Å². The number of allylic oxidation sites excluding steroid dienone is 1. The number of likely N-dealkylation sites (N-methyl/N-ethyl adjacent to an activating group) is 1. The van der Waals surface area contributed by atoms with Crippen molar-refractivity contribution in [3.05, 3.63) is 83.6 Å². The Morgan fingerprint density at radius 3 is 2.15 bits per heavy atom. The summed E-state index contributed by atoms with van der Waals surface area (Å²) in [6.07, 6.45) is 2.82. The Bertz CT molecular complexity index is 687. The van der Waals surface area contributed by atoms with Gasteiger partial charge in [0.1, 0.15) is 0 Å². The van der Waals surface area contributed by atoms with Crippen molar-refractivity contribution in [2.45, 2.75) is 44.4 Å². The molecule has 0 aliphatic carbocycles. The minimum absolute atomic E-state index is 0.0976. The van der Waals surface area contributed by atoms with Crippen LogP contribution in [0.5, 0.6) is 0 Å². The molecule has 1 saturated heterocycles. The first-order valence-corrected chi connectivity index (χ1v) is 9.42. The van der Waals surface area contributed by atoms with E-state index in [1.807, 2.05) is 6.92 Å². The molecule has 1 aliphatic rings. The van der Waals surface area contributed by atoms with E-state index >= 15 is 0 Å². The van der Waals surface area contributed by atoms with Crippen molar-refractivity contribution in [1.82, 2.24) is 4.90 Å². The lowest BCUT2D eigenvalue weighted by Crippen LogP contribution is -2.39. The van der Waals surface area contributed by atoms with E-state index in [4.69, 9.17) is 4.74 Å². The van der Waals surface area contributed by atoms with Crippen LogP contribution in [0.1, 0.15) is 37.8 Å². The number of aliphatic hydroxyl groups is 1. The molecular weight excluding hydrogens is 322 g/mol. The normalized spacial score (nSPS) is 21.9. The van der Waals surface area contributed by atoms with E-state index in [0.29, 0.717) is 19.1 Å². The van der Waals surface area contributed by atoms with Crippen LogP contribution in [0.15, 0.2) is 72.4 Å². The Kier molecular flexibility index (Phi) is 5.80. The van der Waals surface area contributed by atoms with Gasteiger partial charge in [-0.1, -0.05) is 66.7 Å². The van der Waals surface area contributed by atoms with E-state index in [1.165, 1.54) is 16.8 Å². The highest BCUT2D eigenvalue weighted by atomic mass is 16.6. The molecule has 26 heavy (non-hydrogen) atoms. The van der Waals surface area contributed by atoms with E-state index < -0.39 is 6.29 Å². The topological polar surface area (TPSA) is 32.7 Å². The van der Waals surface area contributed by atoms with E-state index in [-0.39, 0.29) is 5.41 Å². The van der Waals surface area contributed by atoms with Crippen LogP contribution in [-0.2, 0) is 10.2 Å². The third kappa shape index (κ3) is 3.42. The van der Waals surface area contributed by atoms with Gasteiger partial charge < -0.3 is 14.7 Å². The van der Waals surface area contributed by atoms with Crippen LogP contribution in [0.4, 0.5) is 0 Å². The standard InChI is InChI=1S/C23H29NO2/c1-4-26-22(25)16-15-21-17-23(18(2)24(21)3,19-11-7-5-8-12-19)20-13-9-6-10-14-20/h5-15,18,22,25H,4,16-17H2,1-3H3/b21-15-. The fraction of sp³-hybridized carbons (Fsp3) is 0.391. The molecule has 3 rings (SSSR count). The first-order chi connectivity index (χ1) is 12.6. The molecule has 0 radical (unpaired) electrons. The van der Waals surface area contributed by atoms with Gasteiger partial charge in [0.25, 0.3) is 0 Å². The molecular formula is C23H29NO2. The van der Waals surface area contributed by atoms with Crippen molar-refractivity contribution in [2.24, 2.45) is 0 Å². The third-order valence-electron chi connectivity index (χ3n) is 5.70. The van der Waals surface area contributed by atoms with Crippen molar-refractivity contribution in [2.75, 3.05) is 13.7 Å². The van der Waals surface area contributed by atoms with Gasteiger partial charge in [0.2, 0.25) is 0 Å². The molecule has 1 fully saturated rings. The third-order valence-corrected chi connectivity index (χ3v) is 5.70. The Morgan fingerprint density at radius 1 is 1.12 bits per heavy atom. The summed E-state index contributed by atoms with van der Waals surface area (Å²) in [5.74, 6) is 0. The zero-order valence-electron chi connectivity index (χ0n) is 15.9. The van der Waals surface area contributed by atoms with Gasteiger partial charge in [0, 0.05) is 43.7 Å². The summed E-state index contributed by atoms with van der Waals surface area (Å²) < 4.78 is 5.28. The Morgan fingerprint density at radius 2 is 1.65 bits per heavy atom. The van der Waals surface area contributed by atoms with Crippen LogP contribution in [0.25, 0.3) is 0 Å². The summed E-state index contributed by atoms with van der Waals surface area (Å²) in [5, 5.41) is 9.94. The summed E-state index contributed by atoms with van der Waals surface area (Å²) in [5.41, 5.74) is 3.82. The second-order valence-corrected chi connectivity index (χ2v) is 7.01. The zero-order valence-corrected chi connectivity index (χ0v) is 15.9. The first-order valence-electron chi connectivity index (χ1n) is 9.42. The highest BCUT2D eigenvalue weighted by molar-refractivity contribution is 5.46. The monoisotopic (exact) mass is 351 g/mol. The summed E-state index contributed by atoms with van der Waals surface area (Å²) in [6.45, 7) is 4.71. The lowest BCUT2D eigenvalue weighted by atomic mass is 9.69. The average molecular weight is 351 g/mol. The minimum atomic E-state index is -0.736. The van der Waals surface area contributed by atoms with Crippen molar-refractivity contribution in [3.8, 4) is 0 Å².